The Bertz CT molecular complexity index is 1330. The van der Waals surface area contributed by atoms with Crippen molar-refractivity contribution in [2.45, 2.75) is 4.90 Å². The average Bonchev–Trinajstić information content (AvgIpc) is 2.84. The summed E-state index contributed by atoms with van der Waals surface area (Å²) in [4.78, 5) is 34.9. The van der Waals surface area contributed by atoms with E-state index in [1.807, 2.05) is 0 Å². The second-order valence-electron chi connectivity index (χ2n) is 6.83. The molecule has 0 radical (unpaired) electrons. The fourth-order valence-electron chi connectivity index (χ4n) is 2.96. The lowest BCUT2D eigenvalue weighted by molar-refractivity contribution is -0.384. The minimum atomic E-state index is -4.21. The number of nitrogens with one attached hydrogen (secondary N) is 1. The molecule has 0 aliphatic rings. The van der Waals surface area contributed by atoms with Crippen molar-refractivity contribution in [3.05, 3.63) is 93.5 Å². The highest BCUT2D eigenvalue weighted by Gasteiger charge is 2.28. The summed E-state index contributed by atoms with van der Waals surface area (Å²) in [6, 6.07) is 16.3. The summed E-state index contributed by atoms with van der Waals surface area (Å²) < 4.78 is 32.1. The molecule has 0 saturated heterocycles. The van der Waals surface area contributed by atoms with E-state index in [2.05, 4.69) is 10.1 Å². The zero-order chi connectivity index (χ0) is 24.9. The Labute approximate surface area is 199 Å². The van der Waals surface area contributed by atoms with Gasteiger partial charge in [0.25, 0.3) is 15.7 Å². The van der Waals surface area contributed by atoms with Crippen molar-refractivity contribution in [3.8, 4) is 0 Å². The van der Waals surface area contributed by atoms with Gasteiger partial charge < -0.3 is 10.1 Å². The number of hydrogen-bond acceptors (Lipinski definition) is 7. The average molecular weight is 504 g/mol. The molecule has 0 aliphatic carbocycles. The molecule has 0 heterocycles. The number of nitrogens with zero attached hydrogens (tertiary/aromatic N) is 2. The highest BCUT2D eigenvalue weighted by atomic mass is 35.5. The number of non-ortho nitro benzene ring substituents is 1. The van der Waals surface area contributed by atoms with Gasteiger partial charge in [-0.3, -0.25) is 19.2 Å². The fourth-order valence-corrected chi connectivity index (χ4v) is 4.57. The molecule has 12 heteroatoms. The van der Waals surface area contributed by atoms with Crippen LogP contribution in [-0.2, 0) is 19.6 Å². The third-order valence-corrected chi connectivity index (χ3v) is 6.75. The maximum atomic E-state index is 13.3. The van der Waals surface area contributed by atoms with Crippen molar-refractivity contribution >= 4 is 50.6 Å². The van der Waals surface area contributed by atoms with Crippen LogP contribution in [0.15, 0.2) is 77.7 Å². The number of nitro benzene ring substituents is 1. The second kappa shape index (κ2) is 10.3. The van der Waals surface area contributed by atoms with Crippen LogP contribution in [0.5, 0.6) is 0 Å². The molecule has 0 unspecified atom stereocenters. The number of anilines is 2. The van der Waals surface area contributed by atoms with Crippen LogP contribution in [0.2, 0.25) is 5.02 Å². The predicted octanol–water partition coefficient (Wildman–Crippen LogP) is 3.87. The van der Waals surface area contributed by atoms with Gasteiger partial charge in [-0.15, -0.1) is 0 Å². The van der Waals surface area contributed by atoms with Crippen molar-refractivity contribution in [2.75, 3.05) is 23.3 Å². The molecule has 3 rings (SSSR count). The number of carbonyl (C=O) groups is 2. The zero-order valence-corrected chi connectivity index (χ0v) is 19.2. The van der Waals surface area contributed by atoms with Gasteiger partial charge in [0.1, 0.15) is 6.54 Å². The van der Waals surface area contributed by atoms with E-state index in [4.69, 9.17) is 11.6 Å². The number of sulfonamides is 1. The summed E-state index contributed by atoms with van der Waals surface area (Å²) in [5.41, 5.74) is 0.0114. The van der Waals surface area contributed by atoms with Crippen LogP contribution < -0.4 is 9.62 Å². The molecule has 10 nitrogen and oxygen atoms in total. The van der Waals surface area contributed by atoms with E-state index in [1.54, 1.807) is 6.07 Å². The summed E-state index contributed by atoms with van der Waals surface area (Å²) >= 11 is 6.11. The number of carbonyl (C=O) groups excluding carboxylic acids is 2. The predicted molar refractivity (Wildman–Crippen MR) is 125 cm³/mol. The zero-order valence-electron chi connectivity index (χ0n) is 17.7. The number of hydrogen-bond donors (Lipinski definition) is 1. The summed E-state index contributed by atoms with van der Waals surface area (Å²) in [5, 5.41) is 13.6. The van der Waals surface area contributed by atoms with E-state index in [-0.39, 0.29) is 32.5 Å². The molecule has 3 aromatic carbocycles. The van der Waals surface area contributed by atoms with Crippen LogP contribution in [0.25, 0.3) is 0 Å². The molecule has 0 aliphatic heterocycles. The summed E-state index contributed by atoms with van der Waals surface area (Å²) in [6.45, 7) is -0.673. The summed E-state index contributed by atoms with van der Waals surface area (Å²) in [6.07, 6.45) is 0. The Balaban J connectivity index is 1.95. The van der Waals surface area contributed by atoms with Crippen LogP contribution in [-0.4, -0.2) is 38.9 Å². The minimum Gasteiger partial charge on any atom is -0.465 e. The minimum absolute atomic E-state index is 0.0408. The molecule has 3 aromatic rings. The molecule has 0 spiro atoms. The number of rotatable bonds is 8. The van der Waals surface area contributed by atoms with Crippen molar-refractivity contribution < 1.29 is 27.7 Å². The van der Waals surface area contributed by atoms with Gasteiger partial charge in [0.05, 0.1) is 38.9 Å². The van der Waals surface area contributed by atoms with Gasteiger partial charge >= 0.3 is 5.97 Å². The smallest absolute Gasteiger partial charge is 0.337 e. The van der Waals surface area contributed by atoms with Gasteiger partial charge in [-0.1, -0.05) is 29.8 Å². The maximum Gasteiger partial charge on any atom is 0.337 e. The first kappa shape index (κ1) is 24.7. The van der Waals surface area contributed by atoms with Crippen molar-refractivity contribution in [1.29, 1.82) is 0 Å². The Morgan fingerprint density at radius 1 is 1.06 bits per heavy atom. The first-order chi connectivity index (χ1) is 16.1. The van der Waals surface area contributed by atoms with Gasteiger partial charge in [-0.05, 0) is 42.5 Å². The largest absolute Gasteiger partial charge is 0.465 e. The molecule has 0 saturated carbocycles. The van der Waals surface area contributed by atoms with E-state index in [9.17, 15) is 28.1 Å². The maximum absolute atomic E-state index is 13.3. The molecule has 1 N–H and O–H groups in total. The highest BCUT2D eigenvalue weighted by Crippen LogP contribution is 2.27. The van der Waals surface area contributed by atoms with Crippen LogP contribution in [0.1, 0.15) is 10.4 Å². The van der Waals surface area contributed by atoms with Crippen LogP contribution in [0, 0.1) is 10.1 Å². The van der Waals surface area contributed by atoms with Crippen LogP contribution >= 0.6 is 11.6 Å². The van der Waals surface area contributed by atoms with Gasteiger partial charge in [0.2, 0.25) is 5.91 Å². The lowest BCUT2D eigenvalue weighted by Crippen LogP contribution is -2.38. The molecular formula is C22H18ClN3O7S. The molecule has 0 bridgehead atoms. The van der Waals surface area contributed by atoms with E-state index in [0.717, 1.165) is 16.4 Å². The van der Waals surface area contributed by atoms with Gasteiger partial charge in [0.15, 0.2) is 0 Å². The Morgan fingerprint density at radius 3 is 2.29 bits per heavy atom. The van der Waals surface area contributed by atoms with Gasteiger partial charge in [0, 0.05) is 12.1 Å². The number of halogens is 1. The third kappa shape index (κ3) is 5.50. The van der Waals surface area contributed by atoms with E-state index >= 15 is 0 Å². The topological polar surface area (TPSA) is 136 Å². The van der Waals surface area contributed by atoms with Crippen molar-refractivity contribution in [2.24, 2.45) is 0 Å². The highest BCUT2D eigenvalue weighted by molar-refractivity contribution is 7.92. The summed E-state index contributed by atoms with van der Waals surface area (Å²) in [5.74, 6) is -1.41. The van der Waals surface area contributed by atoms with E-state index < -0.39 is 33.4 Å². The molecule has 176 valence electrons. The Hall–Kier alpha value is -3.96. The molecular weight excluding hydrogens is 486 g/mol. The number of methoxy groups -OCH3 is 1. The number of esters is 1. The fraction of sp³-hybridized carbons (Fsp3) is 0.0909. The third-order valence-electron chi connectivity index (χ3n) is 4.63. The standard InChI is InChI=1S/C22H18ClN3O7S/c1-33-22(28)15-7-12-19(23)20(13-15)24-21(27)14-25(16-8-10-17(11-9-16)26(29)30)34(31,32)18-5-3-2-4-6-18/h2-13H,14H2,1H3,(H,24,27). The second-order valence-corrected chi connectivity index (χ2v) is 9.10. The lowest BCUT2D eigenvalue weighted by atomic mass is 10.2. The quantitative estimate of drug-likeness (QED) is 0.280. The number of ether oxygens (including phenoxy) is 1. The number of amides is 1. The first-order valence-electron chi connectivity index (χ1n) is 9.63. The molecule has 1 amide bonds. The van der Waals surface area contributed by atoms with Crippen molar-refractivity contribution in [1.82, 2.24) is 0 Å². The lowest BCUT2D eigenvalue weighted by Gasteiger charge is -2.24. The molecule has 0 atom stereocenters. The first-order valence-corrected chi connectivity index (χ1v) is 11.4. The Morgan fingerprint density at radius 2 is 1.71 bits per heavy atom. The molecule has 34 heavy (non-hydrogen) atoms. The summed E-state index contributed by atoms with van der Waals surface area (Å²) in [7, 11) is -3.01. The molecule has 0 fully saturated rings. The monoisotopic (exact) mass is 503 g/mol. The van der Waals surface area contributed by atoms with Gasteiger partial charge in [-0.2, -0.15) is 0 Å². The van der Waals surface area contributed by atoms with Crippen LogP contribution in [0.3, 0.4) is 0 Å². The van der Waals surface area contributed by atoms with Gasteiger partial charge in [-0.25, -0.2) is 13.2 Å². The van der Waals surface area contributed by atoms with E-state index in [1.165, 1.54) is 61.7 Å². The number of benzene rings is 3. The number of nitro groups is 1. The normalized spacial score (nSPS) is 10.9. The van der Waals surface area contributed by atoms with Crippen LogP contribution in [0.4, 0.5) is 17.1 Å². The van der Waals surface area contributed by atoms with Crippen molar-refractivity contribution in [3.63, 3.8) is 0 Å². The molecule has 0 aromatic heterocycles. The van der Waals surface area contributed by atoms with E-state index in [0.29, 0.717) is 0 Å². The SMILES string of the molecule is COC(=O)c1ccc(Cl)c(NC(=O)CN(c2ccc([N+](=O)[O-])cc2)S(=O)(=O)c2ccccc2)c1. The Kier molecular flexibility index (Phi) is 7.49.